The van der Waals surface area contributed by atoms with Gasteiger partial charge in [-0.2, -0.15) is 0 Å². The molecule has 1 atom stereocenters. The van der Waals surface area contributed by atoms with Gasteiger partial charge in [-0.05, 0) is 64.8 Å². The Morgan fingerprint density at radius 1 is 0.793 bits per heavy atom. The molecule has 0 amide bonds. The minimum absolute atomic E-state index is 0.240. The Kier molecular flexibility index (Phi) is 4.32. The van der Waals surface area contributed by atoms with Gasteiger partial charge >= 0.3 is 0 Å². The van der Waals surface area contributed by atoms with Crippen molar-refractivity contribution in [3.63, 3.8) is 0 Å². The van der Waals surface area contributed by atoms with Crippen molar-refractivity contribution in [2.45, 2.75) is 33.1 Å². The number of hydrogen-bond acceptors (Lipinski definition) is 1. The molecule has 142 valence electrons. The minimum atomic E-state index is 0.240. The topological polar surface area (TPSA) is 12.4 Å². The van der Waals surface area contributed by atoms with Crippen molar-refractivity contribution < 1.29 is 0 Å². The second kappa shape index (κ2) is 7.00. The first-order valence-electron chi connectivity index (χ1n) is 10.4. The van der Waals surface area contributed by atoms with E-state index < -0.39 is 0 Å². The van der Waals surface area contributed by atoms with E-state index in [0.29, 0.717) is 0 Å². The first kappa shape index (κ1) is 17.9. The van der Waals surface area contributed by atoms with Crippen LogP contribution in [0, 0.1) is 0 Å². The van der Waals surface area contributed by atoms with Crippen LogP contribution in [0.1, 0.15) is 48.9 Å². The van der Waals surface area contributed by atoms with Crippen LogP contribution in [0.5, 0.6) is 0 Å². The molecule has 1 heteroatoms. The summed E-state index contributed by atoms with van der Waals surface area (Å²) in [6.45, 7) is 6.60. The maximum atomic E-state index is 5.07. The van der Waals surface area contributed by atoms with E-state index in [-0.39, 0.29) is 5.92 Å². The second-order valence-corrected chi connectivity index (χ2v) is 8.02. The molecule has 1 aliphatic carbocycles. The predicted octanol–water partition coefficient (Wildman–Crippen LogP) is 7.19. The largest absolute Gasteiger partial charge is 0.256 e. The number of rotatable bonds is 3. The van der Waals surface area contributed by atoms with Crippen molar-refractivity contribution in [3.8, 4) is 11.1 Å². The molecule has 3 aromatic carbocycles. The molecule has 0 saturated heterocycles. The Bertz CT molecular complexity index is 1170. The molecule has 0 bridgehead atoms. The van der Waals surface area contributed by atoms with Gasteiger partial charge in [0.1, 0.15) is 0 Å². The second-order valence-electron chi connectivity index (χ2n) is 8.02. The van der Waals surface area contributed by atoms with Crippen molar-refractivity contribution in [1.29, 1.82) is 0 Å². The lowest BCUT2D eigenvalue weighted by Crippen LogP contribution is -2.17. The number of allylic oxidation sites excluding steroid dienone is 3. The van der Waals surface area contributed by atoms with Crippen LogP contribution in [-0.2, 0) is 6.42 Å². The third-order valence-corrected chi connectivity index (χ3v) is 6.20. The van der Waals surface area contributed by atoms with E-state index in [9.17, 15) is 0 Å². The summed E-state index contributed by atoms with van der Waals surface area (Å²) in [5.41, 5.74) is 12.9. The summed E-state index contributed by atoms with van der Waals surface area (Å²) in [5, 5.41) is 0. The number of nitrogens with zero attached hydrogens (tertiary/aromatic N) is 1. The number of aliphatic imine (C=N–C) groups is 1. The number of hydrogen-bond donors (Lipinski definition) is 0. The van der Waals surface area contributed by atoms with E-state index >= 15 is 0 Å². The zero-order valence-corrected chi connectivity index (χ0v) is 17.2. The summed E-state index contributed by atoms with van der Waals surface area (Å²) in [4.78, 5) is 5.07. The van der Waals surface area contributed by atoms with Crippen molar-refractivity contribution in [2.75, 3.05) is 0 Å². The number of fused-ring (bicyclic) bond motifs is 3. The van der Waals surface area contributed by atoms with Crippen molar-refractivity contribution >= 4 is 11.8 Å². The molecule has 0 fully saturated rings. The lowest BCUT2D eigenvalue weighted by atomic mass is 9.75. The maximum Gasteiger partial charge on any atom is 0.0599 e. The van der Waals surface area contributed by atoms with Crippen LogP contribution >= 0.6 is 0 Å². The lowest BCUT2D eigenvalue weighted by molar-refractivity contribution is 1.02. The van der Waals surface area contributed by atoms with Gasteiger partial charge < -0.3 is 0 Å². The predicted molar refractivity (Wildman–Crippen MR) is 123 cm³/mol. The molecule has 1 heterocycles. The van der Waals surface area contributed by atoms with Gasteiger partial charge in [-0.1, -0.05) is 85.8 Å². The quantitative estimate of drug-likeness (QED) is 0.459. The Morgan fingerprint density at radius 2 is 1.48 bits per heavy atom. The molecule has 0 saturated carbocycles. The Balaban J connectivity index is 1.58. The fourth-order valence-corrected chi connectivity index (χ4v) is 4.70. The summed E-state index contributed by atoms with van der Waals surface area (Å²) in [7, 11) is 0. The van der Waals surface area contributed by atoms with Crippen LogP contribution in [0.25, 0.3) is 17.2 Å². The molecule has 3 aromatic rings. The highest BCUT2D eigenvalue weighted by molar-refractivity contribution is 6.11. The molecule has 1 nitrogen and oxygen atoms in total. The Labute approximate surface area is 173 Å². The number of benzene rings is 3. The first-order valence-corrected chi connectivity index (χ1v) is 10.4. The molecule has 2 aliphatic rings. The van der Waals surface area contributed by atoms with E-state index in [2.05, 4.69) is 99.6 Å². The molecular weight excluding hydrogens is 350 g/mol. The molecular formula is C28H25N. The van der Waals surface area contributed by atoms with Crippen molar-refractivity contribution in [2.24, 2.45) is 4.99 Å². The maximum absolute atomic E-state index is 5.07. The van der Waals surface area contributed by atoms with Gasteiger partial charge in [0, 0.05) is 5.70 Å². The highest BCUT2D eigenvalue weighted by Crippen LogP contribution is 2.46. The van der Waals surface area contributed by atoms with Crippen LogP contribution < -0.4 is 0 Å². The standard InChI is InChI=1S/C28H25N/c1-4-20-10-11-24-16-18(2)26-19(3)29-28(27(26)25(24)17-20)23-14-12-22(13-15-23)21-8-6-5-7-9-21/h5-17,27H,4H2,1-3H3. The molecule has 0 aromatic heterocycles. The third-order valence-electron chi connectivity index (χ3n) is 6.20. The monoisotopic (exact) mass is 375 g/mol. The van der Waals surface area contributed by atoms with Gasteiger partial charge in [-0.3, -0.25) is 4.99 Å². The zero-order chi connectivity index (χ0) is 20.0. The van der Waals surface area contributed by atoms with E-state index in [0.717, 1.165) is 12.1 Å². The highest BCUT2D eigenvalue weighted by Gasteiger charge is 2.35. The highest BCUT2D eigenvalue weighted by atomic mass is 14.8. The molecule has 1 unspecified atom stereocenters. The summed E-state index contributed by atoms with van der Waals surface area (Å²) in [6.07, 6.45) is 3.38. The average molecular weight is 376 g/mol. The van der Waals surface area contributed by atoms with Crippen molar-refractivity contribution in [1.82, 2.24) is 0 Å². The van der Waals surface area contributed by atoms with Crippen molar-refractivity contribution in [3.05, 3.63) is 112 Å². The van der Waals surface area contributed by atoms with E-state index in [1.807, 2.05) is 0 Å². The van der Waals surface area contributed by atoms with Crippen LogP contribution in [0.15, 0.2) is 94.6 Å². The molecule has 0 N–H and O–H groups in total. The van der Waals surface area contributed by atoms with Gasteiger partial charge in [0.15, 0.2) is 0 Å². The van der Waals surface area contributed by atoms with Crippen LogP contribution in [0.4, 0.5) is 0 Å². The van der Waals surface area contributed by atoms with Gasteiger partial charge in [0.05, 0.1) is 11.6 Å². The lowest BCUT2D eigenvalue weighted by Gasteiger charge is -2.26. The van der Waals surface area contributed by atoms with Gasteiger partial charge in [-0.15, -0.1) is 0 Å². The van der Waals surface area contributed by atoms with Crippen LogP contribution in [0.3, 0.4) is 0 Å². The normalized spacial score (nSPS) is 17.6. The molecule has 0 spiro atoms. The van der Waals surface area contributed by atoms with Gasteiger partial charge in [0.25, 0.3) is 0 Å². The third kappa shape index (κ3) is 2.98. The SMILES string of the molecule is CCc1ccc2c(c1)C1C(c3ccc(-c4ccccc4)cc3)=NC(C)=C1C(C)=C2. The van der Waals surface area contributed by atoms with E-state index in [1.165, 1.54) is 50.2 Å². The molecule has 29 heavy (non-hydrogen) atoms. The summed E-state index contributed by atoms with van der Waals surface area (Å²) in [5.74, 6) is 0.240. The van der Waals surface area contributed by atoms with Crippen LogP contribution in [-0.4, -0.2) is 5.71 Å². The van der Waals surface area contributed by atoms with E-state index in [4.69, 9.17) is 4.99 Å². The smallest absolute Gasteiger partial charge is 0.0599 e. The summed E-state index contributed by atoms with van der Waals surface area (Å²) < 4.78 is 0. The fourth-order valence-electron chi connectivity index (χ4n) is 4.70. The summed E-state index contributed by atoms with van der Waals surface area (Å²) in [6, 6.07) is 26.4. The number of aryl methyl sites for hydroxylation is 1. The zero-order valence-electron chi connectivity index (χ0n) is 17.2. The minimum Gasteiger partial charge on any atom is -0.256 e. The molecule has 0 radical (unpaired) electrons. The summed E-state index contributed by atoms with van der Waals surface area (Å²) >= 11 is 0. The average Bonchev–Trinajstić information content (AvgIpc) is 3.12. The Hall–Kier alpha value is -3.19. The van der Waals surface area contributed by atoms with Crippen LogP contribution in [0.2, 0.25) is 0 Å². The van der Waals surface area contributed by atoms with Gasteiger partial charge in [0.2, 0.25) is 0 Å². The molecule has 5 rings (SSSR count). The molecule has 1 aliphatic heterocycles. The van der Waals surface area contributed by atoms with E-state index in [1.54, 1.807) is 0 Å². The first-order chi connectivity index (χ1) is 14.2. The Morgan fingerprint density at radius 3 is 2.21 bits per heavy atom. The van der Waals surface area contributed by atoms with Gasteiger partial charge in [-0.25, -0.2) is 0 Å². The fraction of sp³-hybridized carbons (Fsp3) is 0.179.